The SMILES string of the molecule is Cc1cc(N)ccc1S(=O)(=O)Cc1cc(C#N)ccc1F. The number of halogens is 1. The van der Waals surface area contributed by atoms with E-state index in [-0.39, 0.29) is 16.0 Å². The number of anilines is 1. The first-order valence-electron chi connectivity index (χ1n) is 6.11. The maximum atomic E-state index is 13.7. The van der Waals surface area contributed by atoms with Gasteiger partial charge in [-0.15, -0.1) is 0 Å². The van der Waals surface area contributed by atoms with Gasteiger partial charge in [0.15, 0.2) is 9.84 Å². The summed E-state index contributed by atoms with van der Waals surface area (Å²) in [6.45, 7) is 1.63. The lowest BCUT2D eigenvalue weighted by Gasteiger charge is -2.09. The van der Waals surface area contributed by atoms with E-state index in [4.69, 9.17) is 11.0 Å². The van der Waals surface area contributed by atoms with Crippen molar-refractivity contribution >= 4 is 15.5 Å². The predicted molar refractivity (Wildman–Crippen MR) is 77.6 cm³/mol. The molecule has 2 aromatic carbocycles. The van der Waals surface area contributed by atoms with Gasteiger partial charge >= 0.3 is 0 Å². The summed E-state index contributed by atoms with van der Waals surface area (Å²) in [5, 5.41) is 8.81. The minimum Gasteiger partial charge on any atom is -0.399 e. The molecule has 0 unspecified atom stereocenters. The third-order valence-corrected chi connectivity index (χ3v) is 4.87. The first-order valence-corrected chi connectivity index (χ1v) is 7.76. The Morgan fingerprint density at radius 1 is 1.24 bits per heavy atom. The molecule has 0 aromatic heterocycles. The van der Waals surface area contributed by atoms with Crippen molar-refractivity contribution in [1.82, 2.24) is 0 Å². The monoisotopic (exact) mass is 304 g/mol. The number of aryl methyl sites for hydroxylation is 1. The number of hydrogen-bond acceptors (Lipinski definition) is 4. The Morgan fingerprint density at radius 2 is 1.95 bits per heavy atom. The number of rotatable bonds is 3. The van der Waals surface area contributed by atoms with Crippen LogP contribution in [0.2, 0.25) is 0 Å². The molecule has 0 bridgehead atoms. The van der Waals surface area contributed by atoms with Crippen LogP contribution in [-0.2, 0) is 15.6 Å². The molecule has 0 spiro atoms. The summed E-state index contributed by atoms with van der Waals surface area (Å²) in [5.74, 6) is -1.15. The van der Waals surface area contributed by atoms with Crippen molar-refractivity contribution in [3.8, 4) is 6.07 Å². The van der Waals surface area contributed by atoms with Crippen LogP contribution in [0.3, 0.4) is 0 Å². The lowest BCUT2D eigenvalue weighted by molar-refractivity contribution is 0.586. The second-order valence-electron chi connectivity index (χ2n) is 4.70. The van der Waals surface area contributed by atoms with E-state index in [0.29, 0.717) is 11.3 Å². The maximum absolute atomic E-state index is 13.7. The van der Waals surface area contributed by atoms with E-state index in [1.165, 1.54) is 24.3 Å². The molecular weight excluding hydrogens is 291 g/mol. The molecule has 0 heterocycles. The third kappa shape index (κ3) is 3.20. The van der Waals surface area contributed by atoms with Gasteiger partial charge in [0.25, 0.3) is 0 Å². The highest BCUT2D eigenvalue weighted by atomic mass is 32.2. The molecular formula is C15H13FN2O2S. The van der Waals surface area contributed by atoms with Crippen molar-refractivity contribution in [3.05, 3.63) is 58.9 Å². The fraction of sp³-hybridized carbons (Fsp3) is 0.133. The van der Waals surface area contributed by atoms with E-state index < -0.39 is 21.4 Å². The zero-order valence-electron chi connectivity index (χ0n) is 11.3. The van der Waals surface area contributed by atoms with E-state index in [0.717, 1.165) is 6.07 Å². The fourth-order valence-electron chi connectivity index (χ4n) is 2.06. The summed E-state index contributed by atoms with van der Waals surface area (Å²) in [5.41, 5.74) is 6.76. The molecule has 0 fully saturated rings. The molecule has 0 aliphatic heterocycles. The Balaban J connectivity index is 2.45. The Bertz CT molecular complexity index is 839. The summed E-state index contributed by atoms with van der Waals surface area (Å²) in [6, 6.07) is 9.96. The molecule has 2 rings (SSSR count). The molecule has 108 valence electrons. The highest BCUT2D eigenvalue weighted by molar-refractivity contribution is 7.90. The van der Waals surface area contributed by atoms with Crippen molar-refractivity contribution in [2.24, 2.45) is 0 Å². The van der Waals surface area contributed by atoms with Crippen molar-refractivity contribution < 1.29 is 12.8 Å². The van der Waals surface area contributed by atoms with Crippen LogP contribution >= 0.6 is 0 Å². The molecule has 4 nitrogen and oxygen atoms in total. The summed E-state index contributed by atoms with van der Waals surface area (Å²) in [4.78, 5) is 0.110. The number of nitrogen functional groups attached to an aromatic ring is 1. The van der Waals surface area contributed by atoms with Gasteiger partial charge in [-0.3, -0.25) is 0 Å². The zero-order valence-corrected chi connectivity index (χ0v) is 12.1. The average molecular weight is 304 g/mol. The first kappa shape index (κ1) is 15.0. The van der Waals surface area contributed by atoms with Gasteiger partial charge < -0.3 is 5.73 Å². The van der Waals surface area contributed by atoms with Crippen LogP contribution in [0.15, 0.2) is 41.3 Å². The molecule has 0 amide bonds. The van der Waals surface area contributed by atoms with Gasteiger partial charge in [0.2, 0.25) is 0 Å². The van der Waals surface area contributed by atoms with Crippen molar-refractivity contribution in [3.63, 3.8) is 0 Å². The van der Waals surface area contributed by atoms with Gasteiger partial charge in [-0.05, 0) is 48.9 Å². The zero-order chi connectivity index (χ0) is 15.6. The highest BCUT2D eigenvalue weighted by Crippen LogP contribution is 2.23. The van der Waals surface area contributed by atoms with Crippen molar-refractivity contribution in [1.29, 1.82) is 5.26 Å². The van der Waals surface area contributed by atoms with Crippen LogP contribution in [0.1, 0.15) is 16.7 Å². The van der Waals surface area contributed by atoms with E-state index >= 15 is 0 Å². The predicted octanol–water partition coefficient (Wildman–Crippen LogP) is 2.56. The van der Waals surface area contributed by atoms with Gasteiger partial charge in [0.1, 0.15) is 5.82 Å². The smallest absolute Gasteiger partial charge is 0.182 e. The maximum Gasteiger partial charge on any atom is 0.182 e. The van der Waals surface area contributed by atoms with Gasteiger partial charge in [0, 0.05) is 11.3 Å². The lowest BCUT2D eigenvalue weighted by atomic mass is 10.1. The quantitative estimate of drug-likeness (QED) is 0.883. The minimum absolute atomic E-state index is 0.0229. The second kappa shape index (κ2) is 5.54. The topological polar surface area (TPSA) is 84.0 Å². The molecule has 2 aromatic rings. The molecule has 0 atom stereocenters. The van der Waals surface area contributed by atoms with E-state index in [1.807, 2.05) is 6.07 Å². The van der Waals surface area contributed by atoms with Crippen LogP contribution in [-0.4, -0.2) is 8.42 Å². The Kier molecular flexibility index (Phi) is 3.96. The largest absolute Gasteiger partial charge is 0.399 e. The molecule has 0 saturated carbocycles. The third-order valence-electron chi connectivity index (χ3n) is 3.05. The van der Waals surface area contributed by atoms with Gasteiger partial charge in [-0.2, -0.15) is 5.26 Å². The number of nitrogens with two attached hydrogens (primary N) is 1. The number of nitriles is 1. The molecule has 0 saturated heterocycles. The van der Waals surface area contributed by atoms with Crippen LogP contribution in [0.25, 0.3) is 0 Å². The molecule has 0 aliphatic carbocycles. The summed E-state index contributed by atoms with van der Waals surface area (Å²) < 4.78 is 38.5. The summed E-state index contributed by atoms with van der Waals surface area (Å²) >= 11 is 0. The molecule has 2 N–H and O–H groups in total. The van der Waals surface area contributed by atoms with Crippen LogP contribution in [0.5, 0.6) is 0 Å². The van der Waals surface area contributed by atoms with E-state index in [1.54, 1.807) is 13.0 Å². The molecule has 21 heavy (non-hydrogen) atoms. The second-order valence-corrected chi connectivity index (χ2v) is 6.66. The van der Waals surface area contributed by atoms with E-state index in [2.05, 4.69) is 0 Å². The average Bonchev–Trinajstić information content (AvgIpc) is 2.40. The number of sulfone groups is 1. The highest BCUT2D eigenvalue weighted by Gasteiger charge is 2.20. The Hall–Kier alpha value is -2.39. The molecule has 6 heteroatoms. The minimum atomic E-state index is -3.71. The van der Waals surface area contributed by atoms with E-state index in [9.17, 15) is 12.8 Å². The fourth-order valence-corrected chi connectivity index (χ4v) is 3.67. The van der Waals surface area contributed by atoms with Crippen molar-refractivity contribution in [2.45, 2.75) is 17.6 Å². The standard InChI is InChI=1S/C15H13FN2O2S/c1-10-6-13(18)3-5-15(10)21(19,20)9-12-7-11(8-17)2-4-14(12)16/h2-7H,9,18H2,1H3. The van der Waals surface area contributed by atoms with Gasteiger partial charge in [-0.25, -0.2) is 12.8 Å². The van der Waals surface area contributed by atoms with Crippen LogP contribution in [0.4, 0.5) is 10.1 Å². The summed E-state index contributed by atoms with van der Waals surface area (Å²) in [6.07, 6.45) is 0. The number of benzene rings is 2. The molecule has 0 radical (unpaired) electrons. The normalized spacial score (nSPS) is 11.1. The summed E-state index contributed by atoms with van der Waals surface area (Å²) in [7, 11) is -3.71. The van der Waals surface area contributed by atoms with Gasteiger partial charge in [-0.1, -0.05) is 0 Å². The van der Waals surface area contributed by atoms with Crippen LogP contribution in [0, 0.1) is 24.1 Å². The number of nitrogens with zero attached hydrogens (tertiary/aromatic N) is 1. The number of hydrogen-bond donors (Lipinski definition) is 1. The first-order chi connectivity index (χ1) is 9.83. The Morgan fingerprint density at radius 3 is 2.57 bits per heavy atom. The Labute approximate surface area is 122 Å². The lowest BCUT2D eigenvalue weighted by Crippen LogP contribution is -2.08. The van der Waals surface area contributed by atoms with Crippen molar-refractivity contribution in [2.75, 3.05) is 5.73 Å². The van der Waals surface area contributed by atoms with Crippen LogP contribution < -0.4 is 5.73 Å². The molecule has 0 aliphatic rings. The van der Waals surface area contributed by atoms with Gasteiger partial charge in [0.05, 0.1) is 22.3 Å².